The van der Waals surface area contributed by atoms with Crippen LogP contribution in [0.1, 0.15) is 15.9 Å². The smallest absolute Gasteiger partial charge is 0.271 e. The number of fused-ring (bicyclic) bond motifs is 1. The first-order chi connectivity index (χ1) is 10.6. The molecular weight excluding hydrogens is 416 g/mol. The van der Waals surface area contributed by atoms with Crippen molar-refractivity contribution in [2.24, 2.45) is 5.10 Å². The number of carbonyl (C=O) groups is 1. The number of carbonyl (C=O) groups excluding carboxylic acids is 1. The second kappa shape index (κ2) is 6.50. The summed E-state index contributed by atoms with van der Waals surface area (Å²) in [5.41, 5.74) is 3.79. The van der Waals surface area contributed by atoms with Gasteiger partial charge in [0.15, 0.2) is 11.5 Å². The Morgan fingerprint density at radius 3 is 2.73 bits per heavy atom. The van der Waals surface area contributed by atoms with Crippen molar-refractivity contribution < 1.29 is 14.3 Å². The van der Waals surface area contributed by atoms with Crippen LogP contribution < -0.4 is 14.9 Å². The standard InChI is InChI=1S/C15H10Br2N2O3/c16-11-3-1-2-9(4-11)15(20)19-18-7-10-5-13-14(6-12(10)17)22-8-21-13/h1-7H,8H2,(H,19,20)/b18-7-. The zero-order valence-electron chi connectivity index (χ0n) is 11.2. The lowest BCUT2D eigenvalue weighted by Gasteiger charge is -2.02. The summed E-state index contributed by atoms with van der Waals surface area (Å²) in [7, 11) is 0. The van der Waals surface area contributed by atoms with Crippen molar-refractivity contribution in [2.75, 3.05) is 6.79 Å². The lowest BCUT2D eigenvalue weighted by molar-refractivity contribution is 0.0955. The third-order valence-electron chi connectivity index (χ3n) is 2.95. The molecule has 0 unspecified atom stereocenters. The van der Waals surface area contributed by atoms with E-state index in [9.17, 15) is 4.79 Å². The molecule has 0 bridgehead atoms. The molecule has 0 spiro atoms. The fourth-order valence-corrected chi connectivity index (χ4v) is 2.71. The van der Waals surface area contributed by atoms with Crippen molar-refractivity contribution >= 4 is 44.0 Å². The summed E-state index contributed by atoms with van der Waals surface area (Å²) in [5, 5.41) is 3.97. The summed E-state index contributed by atoms with van der Waals surface area (Å²) in [6.45, 7) is 0.210. The number of ether oxygens (including phenoxy) is 2. The highest BCUT2D eigenvalue weighted by molar-refractivity contribution is 9.10. The third-order valence-corrected chi connectivity index (χ3v) is 4.13. The van der Waals surface area contributed by atoms with Crippen LogP contribution in [0.15, 0.2) is 50.4 Å². The van der Waals surface area contributed by atoms with Crippen LogP contribution in [0.4, 0.5) is 0 Å². The number of amides is 1. The highest BCUT2D eigenvalue weighted by Gasteiger charge is 2.15. The molecule has 2 aromatic rings. The Kier molecular flexibility index (Phi) is 4.44. The molecule has 0 aliphatic carbocycles. The maximum Gasteiger partial charge on any atom is 0.271 e. The zero-order valence-corrected chi connectivity index (χ0v) is 14.3. The molecule has 7 heteroatoms. The summed E-state index contributed by atoms with van der Waals surface area (Å²) in [5.74, 6) is 1.06. The van der Waals surface area contributed by atoms with E-state index in [4.69, 9.17) is 9.47 Å². The van der Waals surface area contributed by atoms with Gasteiger partial charge in [-0.2, -0.15) is 5.10 Å². The van der Waals surface area contributed by atoms with Gasteiger partial charge in [-0.25, -0.2) is 5.43 Å². The molecule has 0 saturated carbocycles. The van der Waals surface area contributed by atoms with Gasteiger partial charge in [0.05, 0.1) is 6.21 Å². The Hall–Kier alpha value is -1.86. The van der Waals surface area contributed by atoms with E-state index >= 15 is 0 Å². The fraction of sp³-hybridized carbons (Fsp3) is 0.0667. The van der Waals surface area contributed by atoms with Crippen molar-refractivity contribution in [1.29, 1.82) is 0 Å². The van der Waals surface area contributed by atoms with Crippen LogP contribution >= 0.6 is 31.9 Å². The number of rotatable bonds is 3. The minimum atomic E-state index is -0.283. The van der Waals surface area contributed by atoms with E-state index in [1.54, 1.807) is 36.5 Å². The van der Waals surface area contributed by atoms with Gasteiger partial charge >= 0.3 is 0 Å². The van der Waals surface area contributed by atoms with Gasteiger partial charge in [-0.3, -0.25) is 4.79 Å². The number of halogens is 2. The second-order valence-electron chi connectivity index (χ2n) is 4.44. The van der Waals surface area contributed by atoms with Gasteiger partial charge in [0.2, 0.25) is 6.79 Å². The van der Waals surface area contributed by atoms with Gasteiger partial charge in [0.25, 0.3) is 5.91 Å². The lowest BCUT2D eigenvalue weighted by atomic mass is 10.2. The predicted octanol–water partition coefficient (Wildman–Crippen LogP) is 3.70. The van der Waals surface area contributed by atoms with E-state index < -0.39 is 0 Å². The molecule has 0 radical (unpaired) electrons. The summed E-state index contributed by atoms with van der Waals surface area (Å²) in [4.78, 5) is 12.0. The quantitative estimate of drug-likeness (QED) is 0.602. The van der Waals surface area contributed by atoms with Gasteiger partial charge in [-0.1, -0.05) is 22.0 Å². The topological polar surface area (TPSA) is 59.9 Å². The number of hydrogen-bond donors (Lipinski definition) is 1. The summed E-state index contributed by atoms with van der Waals surface area (Å²) >= 11 is 6.75. The average molecular weight is 426 g/mol. The maximum atomic E-state index is 12.0. The van der Waals surface area contributed by atoms with Gasteiger partial charge in [-0.05, 0) is 46.3 Å². The number of nitrogens with one attached hydrogen (secondary N) is 1. The molecule has 0 fully saturated rings. The van der Waals surface area contributed by atoms with Gasteiger partial charge in [0, 0.05) is 20.1 Å². The van der Waals surface area contributed by atoms with Crippen LogP contribution in [0.3, 0.4) is 0 Å². The van der Waals surface area contributed by atoms with E-state index in [0.29, 0.717) is 17.1 Å². The van der Waals surface area contributed by atoms with E-state index in [1.807, 2.05) is 6.07 Å². The molecule has 1 aliphatic heterocycles. The van der Waals surface area contributed by atoms with Crippen LogP contribution in [-0.4, -0.2) is 18.9 Å². The molecule has 1 N–H and O–H groups in total. The highest BCUT2D eigenvalue weighted by Crippen LogP contribution is 2.36. The Balaban J connectivity index is 1.71. The lowest BCUT2D eigenvalue weighted by Crippen LogP contribution is -2.17. The van der Waals surface area contributed by atoms with Gasteiger partial charge < -0.3 is 9.47 Å². The van der Waals surface area contributed by atoms with Crippen LogP contribution in [0, 0.1) is 0 Å². The van der Waals surface area contributed by atoms with E-state index in [2.05, 4.69) is 42.4 Å². The second-order valence-corrected chi connectivity index (χ2v) is 6.21. The first-order valence-electron chi connectivity index (χ1n) is 6.31. The van der Waals surface area contributed by atoms with E-state index in [0.717, 1.165) is 14.5 Å². The Labute approximate surface area is 143 Å². The van der Waals surface area contributed by atoms with E-state index in [-0.39, 0.29) is 12.7 Å². The predicted molar refractivity (Wildman–Crippen MR) is 89.5 cm³/mol. The first-order valence-corrected chi connectivity index (χ1v) is 7.90. The number of benzene rings is 2. The molecule has 0 aromatic heterocycles. The van der Waals surface area contributed by atoms with Crippen LogP contribution in [0.25, 0.3) is 0 Å². The van der Waals surface area contributed by atoms with Crippen LogP contribution in [-0.2, 0) is 0 Å². The van der Waals surface area contributed by atoms with Crippen molar-refractivity contribution in [2.45, 2.75) is 0 Å². The molecule has 0 saturated heterocycles. The molecule has 112 valence electrons. The van der Waals surface area contributed by atoms with Crippen LogP contribution in [0.5, 0.6) is 11.5 Å². The minimum absolute atomic E-state index is 0.210. The number of hydrogen-bond acceptors (Lipinski definition) is 4. The van der Waals surface area contributed by atoms with Crippen molar-refractivity contribution in [1.82, 2.24) is 5.43 Å². The number of nitrogens with zero attached hydrogens (tertiary/aromatic N) is 1. The SMILES string of the molecule is O=C(N/N=C\c1cc2c(cc1Br)OCO2)c1cccc(Br)c1. The molecule has 1 heterocycles. The zero-order chi connectivity index (χ0) is 15.5. The van der Waals surface area contributed by atoms with Crippen molar-refractivity contribution in [3.63, 3.8) is 0 Å². The fourth-order valence-electron chi connectivity index (χ4n) is 1.89. The molecule has 0 atom stereocenters. The molecular formula is C15H10Br2N2O3. The number of hydrazone groups is 1. The molecule has 22 heavy (non-hydrogen) atoms. The first kappa shape index (κ1) is 15.1. The summed E-state index contributed by atoms with van der Waals surface area (Å²) in [6.07, 6.45) is 1.54. The highest BCUT2D eigenvalue weighted by atomic mass is 79.9. The van der Waals surface area contributed by atoms with Gasteiger partial charge in [0.1, 0.15) is 0 Å². The average Bonchev–Trinajstić information content (AvgIpc) is 2.94. The summed E-state index contributed by atoms with van der Waals surface area (Å²) < 4.78 is 12.2. The van der Waals surface area contributed by atoms with E-state index in [1.165, 1.54) is 0 Å². The molecule has 5 nitrogen and oxygen atoms in total. The van der Waals surface area contributed by atoms with Crippen molar-refractivity contribution in [3.05, 3.63) is 56.5 Å². The Bertz CT molecular complexity index is 762. The monoisotopic (exact) mass is 424 g/mol. The Morgan fingerprint density at radius 1 is 1.18 bits per heavy atom. The molecule has 1 amide bonds. The Morgan fingerprint density at radius 2 is 1.95 bits per heavy atom. The normalized spacial score (nSPS) is 12.6. The van der Waals surface area contributed by atoms with Crippen molar-refractivity contribution in [3.8, 4) is 11.5 Å². The summed E-state index contributed by atoms with van der Waals surface area (Å²) in [6, 6.07) is 10.7. The largest absolute Gasteiger partial charge is 0.454 e. The van der Waals surface area contributed by atoms with Gasteiger partial charge in [-0.15, -0.1) is 0 Å². The molecule has 1 aliphatic rings. The third kappa shape index (κ3) is 3.31. The minimum Gasteiger partial charge on any atom is -0.454 e. The maximum absolute atomic E-state index is 12.0. The van der Waals surface area contributed by atoms with Crippen LogP contribution in [0.2, 0.25) is 0 Å². The molecule has 2 aromatic carbocycles. The molecule has 3 rings (SSSR count).